The van der Waals surface area contributed by atoms with Crippen LogP contribution in [0.25, 0.3) is 0 Å². The van der Waals surface area contributed by atoms with Crippen molar-refractivity contribution in [2.24, 2.45) is 4.99 Å². The number of thioether (sulfide) groups is 1. The zero-order chi connectivity index (χ0) is 20.5. The number of carbonyl (C=O) groups excluding carboxylic acids is 2. The monoisotopic (exact) mass is 409 g/mol. The topological polar surface area (TPSA) is 91.2 Å². The molecule has 1 fully saturated rings. The standard InChI is InChI=1S/C21H19N3O4S/c1-12-18(20(27)23-14-6-4-3-5-7-14)19(24-17(26)11-29-21(24)22-12)13-8-9-15(25)16(10-13)28-2/h3-10,19,25H,11H2,1-2H3,(H,23,27)/t19-/m1/s1. The molecule has 8 heteroatoms. The van der Waals surface area contributed by atoms with Crippen molar-refractivity contribution in [2.75, 3.05) is 18.2 Å². The summed E-state index contributed by atoms with van der Waals surface area (Å²) in [6.45, 7) is 1.76. The summed E-state index contributed by atoms with van der Waals surface area (Å²) in [7, 11) is 1.45. The van der Waals surface area contributed by atoms with Crippen molar-refractivity contribution >= 4 is 34.4 Å². The molecule has 148 valence electrons. The summed E-state index contributed by atoms with van der Waals surface area (Å²) >= 11 is 1.35. The number of benzene rings is 2. The fourth-order valence-corrected chi connectivity index (χ4v) is 4.37. The Morgan fingerprint density at radius 3 is 2.76 bits per heavy atom. The van der Waals surface area contributed by atoms with E-state index in [-0.39, 0.29) is 29.1 Å². The number of phenolic OH excluding ortho intramolecular Hbond substituents is 1. The van der Waals surface area contributed by atoms with Gasteiger partial charge in [0.15, 0.2) is 16.7 Å². The van der Waals surface area contributed by atoms with Gasteiger partial charge in [-0.25, -0.2) is 4.99 Å². The Kier molecular flexibility index (Phi) is 5.02. The van der Waals surface area contributed by atoms with Gasteiger partial charge >= 0.3 is 0 Å². The van der Waals surface area contributed by atoms with Gasteiger partial charge in [0.2, 0.25) is 5.91 Å². The number of para-hydroxylation sites is 1. The number of nitrogens with zero attached hydrogens (tertiary/aromatic N) is 2. The first-order valence-electron chi connectivity index (χ1n) is 8.97. The number of rotatable bonds is 4. The van der Waals surface area contributed by atoms with E-state index in [1.807, 2.05) is 18.2 Å². The predicted octanol–water partition coefficient (Wildman–Crippen LogP) is 3.30. The molecule has 0 aromatic heterocycles. The number of aliphatic imine (C=N–C) groups is 1. The van der Waals surface area contributed by atoms with Crippen LogP contribution in [0, 0.1) is 0 Å². The molecular weight excluding hydrogens is 390 g/mol. The number of ether oxygens (including phenoxy) is 1. The average molecular weight is 409 g/mol. The van der Waals surface area contributed by atoms with Crippen molar-refractivity contribution in [1.29, 1.82) is 0 Å². The summed E-state index contributed by atoms with van der Waals surface area (Å²) in [5.41, 5.74) is 2.22. The van der Waals surface area contributed by atoms with Crippen LogP contribution in [0.15, 0.2) is 64.8 Å². The van der Waals surface area contributed by atoms with E-state index >= 15 is 0 Å². The van der Waals surface area contributed by atoms with E-state index in [0.717, 1.165) is 0 Å². The highest BCUT2D eigenvalue weighted by Gasteiger charge is 2.43. The molecule has 0 unspecified atom stereocenters. The highest BCUT2D eigenvalue weighted by Crippen LogP contribution is 2.42. The van der Waals surface area contributed by atoms with Gasteiger partial charge in [-0.2, -0.15) is 0 Å². The fraction of sp³-hybridized carbons (Fsp3) is 0.190. The number of methoxy groups -OCH3 is 1. The first-order valence-corrected chi connectivity index (χ1v) is 9.95. The number of phenols is 1. The summed E-state index contributed by atoms with van der Waals surface area (Å²) in [4.78, 5) is 31.9. The lowest BCUT2D eigenvalue weighted by molar-refractivity contribution is -0.125. The van der Waals surface area contributed by atoms with Crippen LogP contribution >= 0.6 is 11.8 Å². The molecular formula is C21H19N3O4S. The number of carbonyl (C=O) groups is 2. The maximum atomic E-state index is 13.2. The highest BCUT2D eigenvalue weighted by molar-refractivity contribution is 8.15. The van der Waals surface area contributed by atoms with Gasteiger partial charge in [-0.15, -0.1) is 0 Å². The Balaban J connectivity index is 1.81. The van der Waals surface area contributed by atoms with Gasteiger partial charge in [-0.3, -0.25) is 14.5 Å². The minimum atomic E-state index is -0.664. The minimum Gasteiger partial charge on any atom is -0.504 e. The number of allylic oxidation sites excluding steroid dienone is 1. The highest BCUT2D eigenvalue weighted by atomic mass is 32.2. The second-order valence-corrected chi connectivity index (χ2v) is 7.54. The van der Waals surface area contributed by atoms with E-state index in [1.165, 1.54) is 24.9 Å². The maximum absolute atomic E-state index is 13.2. The molecule has 7 nitrogen and oxygen atoms in total. The molecule has 4 rings (SSSR count). The second-order valence-electron chi connectivity index (χ2n) is 6.60. The SMILES string of the molecule is COc1cc([C@@H]2C(C(=O)Nc3ccccc3)=C(C)N=C3SCC(=O)N32)ccc1O. The van der Waals surface area contributed by atoms with Crippen molar-refractivity contribution in [2.45, 2.75) is 13.0 Å². The van der Waals surface area contributed by atoms with Crippen molar-refractivity contribution < 1.29 is 19.4 Å². The molecule has 2 amide bonds. The quantitative estimate of drug-likeness (QED) is 0.809. The van der Waals surface area contributed by atoms with Crippen LogP contribution in [0.2, 0.25) is 0 Å². The molecule has 2 aromatic carbocycles. The van der Waals surface area contributed by atoms with Gasteiger partial charge < -0.3 is 15.2 Å². The van der Waals surface area contributed by atoms with Gasteiger partial charge in [0.05, 0.1) is 30.2 Å². The van der Waals surface area contributed by atoms with E-state index < -0.39 is 6.04 Å². The molecule has 0 aliphatic carbocycles. The van der Waals surface area contributed by atoms with E-state index in [2.05, 4.69) is 10.3 Å². The van der Waals surface area contributed by atoms with Crippen LogP contribution in [0.5, 0.6) is 11.5 Å². The van der Waals surface area contributed by atoms with Gasteiger partial charge in [-0.05, 0) is 36.8 Å². The van der Waals surface area contributed by atoms with Crippen LogP contribution in [0.1, 0.15) is 18.5 Å². The van der Waals surface area contributed by atoms with E-state index in [9.17, 15) is 14.7 Å². The Morgan fingerprint density at radius 1 is 1.28 bits per heavy atom. The fourth-order valence-electron chi connectivity index (χ4n) is 3.43. The lowest BCUT2D eigenvalue weighted by Crippen LogP contribution is -2.40. The number of amidine groups is 1. The third kappa shape index (κ3) is 3.47. The molecule has 1 atom stereocenters. The normalized spacial score (nSPS) is 18.4. The van der Waals surface area contributed by atoms with Crippen LogP contribution < -0.4 is 10.1 Å². The summed E-state index contributed by atoms with van der Waals surface area (Å²) in [6.07, 6.45) is 0. The Bertz CT molecular complexity index is 1050. The molecule has 2 aliphatic heterocycles. The maximum Gasteiger partial charge on any atom is 0.255 e. The van der Waals surface area contributed by atoms with Crippen molar-refractivity contribution in [3.8, 4) is 11.5 Å². The van der Waals surface area contributed by atoms with Gasteiger partial charge in [-0.1, -0.05) is 36.0 Å². The molecule has 0 saturated carbocycles. The largest absolute Gasteiger partial charge is 0.504 e. The van der Waals surface area contributed by atoms with Crippen molar-refractivity contribution in [1.82, 2.24) is 4.90 Å². The Labute approximate surface area is 172 Å². The molecule has 0 radical (unpaired) electrons. The second kappa shape index (κ2) is 7.63. The number of fused-ring (bicyclic) bond motifs is 1. The van der Waals surface area contributed by atoms with E-state index in [4.69, 9.17) is 4.74 Å². The van der Waals surface area contributed by atoms with Crippen LogP contribution in [-0.2, 0) is 9.59 Å². The van der Waals surface area contributed by atoms with E-state index in [1.54, 1.807) is 36.1 Å². The number of hydrogen-bond donors (Lipinski definition) is 2. The first-order chi connectivity index (χ1) is 14.0. The number of anilines is 1. The third-order valence-electron chi connectivity index (χ3n) is 4.78. The third-order valence-corrected chi connectivity index (χ3v) is 5.72. The van der Waals surface area contributed by atoms with Gasteiger partial charge in [0.25, 0.3) is 5.91 Å². The van der Waals surface area contributed by atoms with E-state index in [0.29, 0.717) is 27.7 Å². The smallest absolute Gasteiger partial charge is 0.255 e. The predicted molar refractivity (Wildman–Crippen MR) is 112 cm³/mol. The van der Waals surface area contributed by atoms with Crippen molar-refractivity contribution in [3.63, 3.8) is 0 Å². The molecule has 2 N–H and O–H groups in total. The molecule has 0 bridgehead atoms. The van der Waals surface area contributed by atoms with Crippen molar-refractivity contribution in [3.05, 3.63) is 65.4 Å². The molecule has 2 aromatic rings. The van der Waals surface area contributed by atoms with Gasteiger partial charge in [0, 0.05) is 5.69 Å². The zero-order valence-corrected chi connectivity index (χ0v) is 16.7. The first kappa shape index (κ1) is 19.1. The molecule has 2 aliphatic rings. The molecule has 29 heavy (non-hydrogen) atoms. The average Bonchev–Trinajstić information content (AvgIpc) is 3.08. The minimum absolute atomic E-state index is 0.0148. The summed E-state index contributed by atoms with van der Waals surface area (Å²) < 4.78 is 5.23. The lowest BCUT2D eigenvalue weighted by Gasteiger charge is -2.33. The zero-order valence-electron chi connectivity index (χ0n) is 15.9. The number of nitrogens with one attached hydrogen (secondary N) is 1. The number of hydrogen-bond acceptors (Lipinski definition) is 6. The molecule has 1 saturated heterocycles. The number of aromatic hydroxyl groups is 1. The summed E-state index contributed by atoms with van der Waals surface area (Å²) in [5.74, 6) is 0.0674. The van der Waals surface area contributed by atoms with Crippen LogP contribution in [0.4, 0.5) is 5.69 Å². The molecule has 0 spiro atoms. The van der Waals surface area contributed by atoms with Crippen LogP contribution in [-0.4, -0.2) is 39.9 Å². The Hall–Kier alpha value is -3.26. The lowest BCUT2D eigenvalue weighted by atomic mass is 9.93. The summed E-state index contributed by atoms with van der Waals surface area (Å²) in [6, 6.07) is 13.3. The summed E-state index contributed by atoms with van der Waals surface area (Å²) in [5, 5.41) is 13.4. The number of amides is 2. The Morgan fingerprint density at radius 2 is 2.03 bits per heavy atom. The van der Waals surface area contributed by atoms with Gasteiger partial charge in [0.1, 0.15) is 0 Å². The van der Waals surface area contributed by atoms with Crippen LogP contribution in [0.3, 0.4) is 0 Å². The molecule has 2 heterocycles.